The van der Waals surface area contributed by atoms with Gasteiger partial charge >= 0.3 is 0 Å². The summed E-state index contributed by atoms with van der Waals surface area (Å²) in [5, 5.41) is 1.39. The summed E-state index contributed by atoms with van der Waals surface area (Å²) >= 11 is 9.37. The van der Waals surface area contributed by atoms with Crippen molar-refractivity contribution in [3.8, 4) is 0 Å². The molecule has 0 saturated carbocycles. The molecule has 1 aromatic heterocycles. The van der Waals surface area contributed by atoms with Crippen LogP contribution in [0.15, 0.2) is 51.4 Å². The van der Waals surface area contributed by atoms with E-state index in [4.69, 9.17) is 21.9 Å². The standard InChI is InChI=1S/C15H11BrClFN2O/c16-10-4-9(5-11(18)7-10)14(20-19)13-6-8-2-1-3-12(17)15(8)21-13/h1-7,14,20H,19H2. The largest absolute Gasteiger partial charge is 0.457 e. The van der Waals surface area contributed by atoms with Gasteiger partial charge in [-0.3, -0.25) is 5.84 Å². The third-order valence-corrected chi connectivity index (χ3v) is 3.94. The molecule has 0 radical (unpaired) electrons. The van der Waals surface area contributed by atoms with Gasteiger partial charge in [-0.25, -0.2) is 9.82 Å². The second-order valence-electron chi connectivity index (χ2n) is 4.61. The normalized spacial score (nSPS) is 12.8. The zero-order chi connectivity index (χ0) is 15.0. The monoisotopic (exact) mass is 368 g/mol. The minimum Gasteiger partial charge on any atom is -0.457 e. The molecule has 0 bridgehead atoms. The van der Waals surface area contributed by atoms with Crippen molar-refractivity contribution in [2.45, 2.75) is 6.04 Å². The van der Waals surface area contributed by atoms with Gasteiger partial charge in [0.05, 0.1) is 5.02 Å². The van der Waals surface area contributed by atoms with Crippen LogP contribution in [-0.4, -0.2) is 0 Å². The highest BCUT2D eigenvalue weighted by Crippen LogP contribution is 2.32. The van der Waals surface area contributed by atoms with E-state index in [1.54, 1.807) is 12.1 Å². The first-order valence-corrected chi connectivity index (χ1v) is 7.35. The molecule has 0 amide bonds. The van der Waals surface area contributed by atoms with Gasteiger partial charge in [-0.05, 0) is 35.9 Å². The van der Waals surface area contributed by atoms with Crippen LogP contribution in [0.1, 0.15) is 17.4 Å². The summed E-state index contributed by atoms with van der Waals surface area (Å²) in [4.78, 5) is 0. The number of rotatable bonds is 3. The molecule has 1 atom stereocenters. The van der Waals surface area contributed by atoms with Crippen molar-refractivity contribution < 1.29 is 8.81 Å². The Morgan fingerprint density at radius 2 is 2.05 bits per heavy atom. The van der Waals surface area contributed by atoms with Gasteiger partial charge in [-0.1, -0.05) is 39.7 Å². The van der Waals surface area contributed by atoms with Crippen molar-refractivity contribution in [1.29, 1.82) is 0 Å². The first-order chi connectivity index (χ1) is 10.1. The second kappa shape index (κ2) is 5.77. The lowest BCUT2D eigenvalue weighted by Crippen LogP contribution is -2.28. The molecule has 0 aliphatic rings. The van der Waals surface area contributed by atoms with Crippen molar-refractivity contribution in [3.05, 3.63) is 69.1 Å². The molecule has 3 nitrogen and oxygen atoms in total. The predicted molar refractivity (Wildman–Crippen MR) is 84.5 cm³/mol. The number of para-hydroxylation sites is 1. The number of nitrogens with one attached hydrogen (secondary N) is 1. The lowest BCUT2D eigenvalue weighted by atomic mass is 10.0. The quantitative estimate of drug-likeness (QED) is 0.526. The number of halogens is 3. The molecule has 3 rings (SSSR count). The van der Waals surface area contributed by atoms with Crippen molar-refractivity contribution in [2.75, 3.05) is 0 Å². The molecule has 1 heterocycles. The molecular weight excluding hydrogens is 359 g/mol. The molecule has 1 unspecified atom stereocenters. The van der Waals surface area contributed by atoms with Gasteiger partial charge in [0.25, 0.3) is 0 Å². The molecule has 3 aromatic rings. The summed E-state index contributed by atoms with van der Waals surface area (Å²) in [6, 6.07) is 11.4. The van der Waals surface area contributed by atoms with Gasteiger partial charge in [0.1, 0.15) is 17.6 Å². The van der Waals surface area contributed by atoms with E-state index in [0.717, 1.165) is 5.39 Å². The van der Waals surface area contributed by atoms with E-state index in [0.29, 0.717) is 26.4 Å². The SMILES string of the molecule is NNC(c1cc(F)cc(Br)c1)c1cc2cccc(Cl)c2o1. The molecule has 21 heavy (non-hydrogen) atoms. The fourth-order valence-corrected chi connectivity index (χ4v) is 2.98. The highest BCUT2D eigenvalue weighted by Gasteiger charge is 2.19. The number of hydrazine groups is 1. The van der Waals surface area contributed by atoms with Crippen molar-refractivity contribution >= 4 is 38.5 Å². The summed E-state index contributed by atoms with van der Waals surface area (Å²) in [5.41, 5.74) is 3.89. The topological polar surface area (TPSA) is 51.2 Å². The van der Waals surface area contributed by atoms with Crippen LogP contribution < -0.4 is 11.3 Å². The zero-order valence-corrected chi connectivity index (χ0v) is 13.1. The Bertz CT molecular complexity index is 785. The van der Waals surface area contributed by atoms with Gasteiger partial charge in [0.2, 0.25) is 0 Å². The first-order valence-electron chi connectivity index (χ1n) is 6.18. The summed E-state index contributed by atoms with van der Waals surface area (Å²) in [5.74, 6) is 5.83. The van der Waals surface area contributed by atoms with E-state index in [9.17, 15) is 4.39 Å². The average molecular weight is 370 g/mol. The van der Waals surface area contributed by atoms with Crippen molar-refractivity contribution in [1.82, 2.24) is 5.43 Å². The summed E-state index contributed by atoms with van der Waals surface area (Å²) in [6.45, 7) is 0. The lowest BCUT2D eigenvalue weighted by Gasteiger charge is -2.14. The van der Waals surface area contributed by atoms with Crippen LogP contribution in [0, 0.1) is 5.82 Å². The smallest absolute Gasteiger partial charge is 0.152 e. The number of benzene rings is 2. The molecule has 0 fully saturated rings. The fraction of sp³-hybridized carbons (Fsp3) is 0.0667. The van der Waals surface area contributed by atoms with Gasteiger partial charge in [-0.15, -0.1) is 0 Å². The van der Waals surface area contributed by atoms with E-state index < -0.39 is 6.04 Å². The van der Waals surface area contributed by atoms with Crippen LogP contribution in [0.25, 0.3) is 11.0 Å². The Kier molecular flexibility index (Phi) is 3.99. The number of nitrogens with two attached hydrogens (primary N) is 1. The van der Waals surface area contributed by atoms with E-state index in [1.807, 2.05) is 18.2 Å². The molecule has 0 spiro atoms. The average Bonchev–Trinajstić information content (AvgIpc) is 2.83. The van der Waals surface area contributed by atoms with Gasteiger partial charge in [0, 0.05) is 9.86 Å². The Morgan fingerprint density at radius 1 is 1.24 bits per heavy atom. The molecule has 2 aromatic carbocycles. The Hall–Kier alpha value is -1.40. The highest BCUT2D eigenvalue weighted by atomic mass is 79.9. The number of fused-ring (bicyclic) bond motifs is 1. The van der Waals surface area contributed by atoms with Crippen molar-refractivity contribution in [2.24, 2.45) is 5.84 Å². The maximum absolute atomic E-state index is 13.6. The van der Waals surface area contributed by atoms with E-state index in [1.165, 1.54) is 12.1 Å². The summed E-state index contributed by atoms with van der Waals surface area (Å²) < 4.78 is 20.0. The molecule has 0 saturated heterocycles. The molecular formula is C15H11BrClFN2O. The van der Waals surface area contributed by atoms with Gasteiger partial charge < -0.3 is 4.42 Å². The molecule has 3 N–H and O–H groups in total. The highest BCUT2D eigenvalue weighted by molar-refractivity contribution is 9.10. The van der Waals surface area contributed by atoms with Crippen LogP contribution in [-0.2, 0) is 0 Å². The van der Waals surface area contributed by atoms with Crippen molar-refractivity contribution in [3.63, 3.8) is 0 Å². The second-order valence-corrected chi connectivity index (χ2v) is 5.93. The van der Waals surface area contributed by atoms with Crippen LogP contribution in [0.3, 0.4) is 0 Å². The lowest BCUT2D eigenvalue weighted by molar-refractivity contribution is 0.475. The van der Waals surface area contributed by atoms with Crippen LogP contribution >= 0.6 is 27.5 Å². The van der Waals surface area contributed by atoms with Crippen LogP contribution in [0.4, 0.5) is 4.39 Å². The summed E-state index contributed by atoms with van der Waals surface area (Å²) in [6.07, 6.45) is 0. The third-order valence-electron chi connectivity index (χ3n) is 3.18. The minimum absolute atomic E-state index is 0.353. The minimum atomic E-state index is -0.472. The number of furan rings is 1. The molecule has 108 valence electrons. The first kappa shape index (κ1) is 14.5. The zero-order valence-electron chi connectivity index (χ0n) is 10.7. The van der Waals surface area contributed by atoms with E-state index in [2.05, 4.69) is 21.4 Å². The third kappa shape index (κ3) is 2.82. The van der Waals surface area contributed by atoms with E-state index >= 15 is 0 Å². The maximum Gasteiger partial charge on any atom is 0.152 e. The summed E-state index contributed by atoms with van der Waals surface area (Å²) in [7, 11) is 0. The molecule has 6 heteroatoms. The van der Waals surface area contributed by atoms with E-state index in [-0.39, 0.29) is 5.82 Å². The van der Waals surface area contributed by atoms with Crippen LogP contribution in [0.2, 0.25) is 5.02 Å². The van der Waals surface area contributed by atoms with Gasteiger partial charge in [0.15, 0.2) is 5.58 Å². The maximum atomic E-state index is 13.6. The fourth-order valence-electron chi connectivity index (χ4n) is 2.27. The number of hydrogen-bond acceptors (Lipinski definition) is 3. The van der Waals surface area contributed by atoms with Gasteiger partial charge in [-0.2, -0.15) is 0 Å². The predicted octanol–water partition coefficient (Wildman–Crippen LogP) is 4.54. The molecule has 0 aliphatic heterocycles. The number of hydrogen-bond donors (Lipinski definition) is 2. The van der Waals surface area contributed by atoms with Crippen LogP contribution in [0.5, 0.6) is 0 Å². The molecule has 0 aliphatic carbocycles. The Morgan fingerprint density at radius 3 is 2.71 bits per heavy atom. The Balaban J connectivity index is 2.11. The Labute approximate surface area is 134 Å².